The van der Waals surface area contributed by atoms with Crippen molar-refractivity contribution in [2.24, 2.45) is 5.92 Å². The number of anilines is 1. The number of aromatic nitrogens is 1. The Kier molecular flexibility index (Phi) is 5.57. The predicted octanol–water partition coefficient (Wildman–Crippen LogP) is 3.73. The second-order valence-electron chi connectivity index (χ2n) is 6.75. The highest BCUT2D eigenvalue weighted by molar-refractivity contribution is 5.45. The van der Waals surface area contributed by atoms with Gasteiger partial charge in [0.05, 0.1) is 0 Å². The maximum absolute atomic E-state index is 14.7. The molecule has 21 heavy (non-hydrogen) atoms. The average molecular weight is 293 g/mol. The van der Waals surface area contributed by atoms with E-state index in [1.54, 1.807) is 12.3 Å². The van der Waals surface area contributed by atoms with Gasteiger partial charge in [-0.05, 0) is 31.2 Å². The molecule has 0 bridgehead atoms. The van der Waals surface area contributed by atoms with E-state index in [-0.39, 0.29) is 5.82 Å². The molecule has 0 aliphatic heterocycles. The van der Waals surface area contributed by atoms with Crippen LogP contribution in [0.4, 0.5) is 10.2 Å². The lowest BCUT2D eigenvalue weighted by atomic mass is 10.1. The standard InChI is InChI=1S/C17H28FN3/c1-12(2)8-10-21(15-5-6-15)17-16(18)14(7-9-19-17)11-20-13(3)4/h7,9,12-13,15,20H,5-6,8,10-11H2,1-4H3. The zero-order chi connectivity index (χ0) is 15.4. The van der Waals surface area contributed by atoms with Crippen LogP contribution in [0.2, 0.25) is 0 Å². The minimum Gasteiger partial charge on any atom is -0.351 e. The maximum Gasteiger partial charge on any atom is 0.170 e. The van der Waals surface area contributed by atoms with Crippen LogP contribution >= 0.6 is 0 Å². The van der Waals surface area contributed by atoms with Gasteiger partial charge in [-0.2, -0.15) is 0 Å². The lowest BCUT2D eigenvalue weighted by Crippen LogP contribution is -2.30. The number of rotatable bonds is 8. The van der Waals surface area contributed by atoms with Gasteiger partial charge in [0.2, 0.25) is 0 Å². The Bertz CT molecular complexity index is 455. The highest BCUT2D eigenvalue weighted by atomic mass is 19.1. The first-order valence-electron chi connectivity index (χ1n) is 8.12. The van der Waals surface area contributed by atoms with Crippen molar-refractivity contribution in [3.8, 4) is 0 Å². The van der Waals surface area contributed by atoms with Gasteiger partial charge in [0, 0.05) is 36.9 Å². The summed E-state index contributed by atoms with van der Waals surface area (Å²) in [5, 5.41) is 3.28. The number of hydrogen-bond acceptors (Lipinski definition) is 3. The number of nitrogens with one attached hydrogen (secondary N) is 1. The molecule has 0 spiro atoms. The van der Waals surface area contributed by atoms with Crippen LogP contribution in [0.3, 0.4) is 0 Å². The molecule has 1 saturated carbocycles. The highest BCUT2D eigenvalue weighted by Crippen LogP contribution is 2.33. The van der Waals surface area contributed by atoms with Gasteiger partial charge in [-0.1, -0.05) is 27.7 Å². The zero-order valence-electron chi connectivity index (χ0n) is 13.7. The molecule has 1 aromatic rings. The fourth-order valence-electron chi connectivity index (χ4n) is 2.37. The molecule has 1 aliphatic rings. The fraction of sp³-hybridized carbons (Fsp3) is 0.706. The molecule has 0 unspecified atom stereocenters. The lowest BCUT2D eigenvalue weighted by molar-refractivity contribution is 0.534. The van der Waals surface area contributed by atoms with Gasteiger partial charge >= 0.3 is 0 Å². The molecule has 0 atom stereocenters. The summed E-state index contributed by atoms with van der Waals surface area (Å²) in [6.07, 6.45) is 5.13. The fourth-order valence-corrected chi connectivity index (χ4v) is 2.37. The molecular formula is C17H28FN3. The van der Waals surface area contributed by atoms with Gasteiger partial charge in [0.1, 0.15) is 0 Å². The molecule has 3 nitrogen and oxygen atoms in total. The summed E-state index contributed by atoms with van der Waals surface area (Å²) in [6.45, 7) is 10.0. The molecule has 0 aromatic carbocycles. The van der Waals surface area contributed by atoms with E-state index in [9.17, 15) is 4.39 Å². The van der Waals surface area contributed by atoms with E-state index in [1.165, 1.54) is 0 Å². The largest absolute Gasteiger partial charge is 0.351 e. The second-order valence-corrected chi connectivity index (χ2v) is 6.75. The summed E-state index contributed by atoms with van der Waals surface area (Å²) in [5.74, 6) is 1.02. The third-order valence-corrected chi connectivity index (χ3v) is 3.86. The Morgan fingerprint density at radius 3 is 2.62 bits per heavy atom. The van der Waals surface area contributed by atoms with Crippen LogP contribution in [0.1, 0.15) is 52.5 Å². The zero-order valence-corrected chi connectivity index (χ0v) is 13.7. The highest BCUT2D eigenvalue weighted by Gasteiger charge is 2.31. The van der Waals surface area contributed by atoms with Crippen molar-refractivity contribution in [3.63, 3.8) is 0 Å². The van der Waals surface area contributed by atoms with E-state index >= 15 is 0 Å². The van der Waals surface area contributed by atoms with Gasteiger partial charge < -0.3 is 10.2 Å². The predicted molar refractivity (Wildman–Crippen MR) is 86.0 cm³/mol. The molecule has 1 aliphatic carbocycles. The Balaban J connectivity index is 2.14. The molecule has 1 heterocycles. The molecule has 118 valence electrons. The SMILES string of the molecule is CC(C)CCN(c1nccc(CNC(C)C)c1F)C1CC1. The topological polar surface area (TPSA) is 28.2 Å². The van der Waals surface area contributed by atoms with Crippen molar-refractivity contribution in [2.75, 3.05) is 11.4 Å². The van der Waals surface area contributed by atoms with Gasteiger partial charge in [0.15, 0.2) is 11.6 Å². The first-order chi connectivity index (χ1) is 9.99. The van der Waals surface area contributed by atoms with Crippen LogP contribution in [0.5, 0.6) is 0 Å². The monoisotopic (exact) mass is 293 g/mol. The Hall–Kier alpha value is -1.16. The number of halogens is 1. The van der Waals surface area contributed by atoms with Crippen LogP contribution < -0.4 is 10.2 Å². The number of nitrogens with zero attached hydrogens (tertiary/aromatic N) is 2. The Labute approximate surface area is 127 Å². The first-order valence-corrected chi connectivity index (χ1v) is 8.12. The Morgan fingerprint density at radius 2 is 2.05 bits per heavy atom. The smallest absolute Gasteiger partial charge is 0.170 e. The van der Waals surface area contributed by atoms with Gasteiger partial charge in [-0.15, -0.1) is 0 Å². The molecule has 4 heteroatoms. The van der Waals surface area contributed by atoms with Gasteiger partial charge in [-0.3, -0.25) is 0 Å². The van der Waals surface area contributed by atoms with Gasteiger partial charge in [-0.25, -0.2) is 9.37 Å². The van der Waals surface area contributed by atoms with Crippen molar-refractivity contribution in [1.82, 2.24) is 10.3 Å². The molecule has 1 aromatic heterocycles. The molecule has 0 saturated heterocycles. The van der Waals surface area contributed by atoms with Crippen molar-refractivity contribution < 1.29 is 4.39 Å². The molecule has 0 radical (unpaired) electrons. The Morgan fingerprint density at radius 1 is 1.33 bits per heavy atom. The molecule has 2 rings (SSSR count). The van der Waals surface area contributed by atoms with E-state index in [2.05, 4.69) is 42.9 Å². The quantitative estimate of drug-likeness (QED) is 0.791. The van der Waals surface area contributed by atoms with Crippen LogP contribution in [0.25, 0.3) is 0 Å². The summed E-state index contributed by atoms with van der Waals surface area (Å²) >= 11 is 0. The number of pyridine rings is 1. The minimum atomic E-state index is -0.152. The van der Waals surface area contributed by atoms with E-state index < -0.39 is 0 Å². The minimum absolute atomic E-state index is 0.152. The third kappa shape index (κ3) is 4.67. The summed E-state index contributed by atoms with van der Waals surface area (Å²) in [4.78, 5) is 6.50. The molecular weight excluding hydrogens is 265 g/mol. The maximum atomic E-state index is 14.7. The average Bonchev–Trinajstić information content (AvgIpc) is 3.23. The molecule has 0 amide bonds. The van der Waals surface area contributed by atoms with E-state index in [1.807, 2.05) is 0 Å². The van der Waals surface area contributed by atoms with Crippen molar-refractivity contribution >= 4 is 5.82 Å². The van der Waals surface area contributed by atoms with Crippen molar-refractivity contribution in [2.45, 2.75) is 65.6 Å². The summed E-state index contributed by atoms with van der Waals surface area (Å²) in [5.41, 5.74) is 0.712. The van der Waals surface area contributed by atoms with Crippen LogP contribution in [0, 0.1) is 11.7 Å². The first kappa shape index (κ1) is 16.2. The molecule has 1 N–H and O–H groups in total. The van der Waals surface area contributed by atoms with Crippen LogP contribution in [-0.4, -0.2) is 23.6 Å². The molecule has 1 fully saturated rings. The second kappa shape index (κ2) is 7.21. The van der Waals surface area contributed by atoms with E-state index in [0.717, 1.165) is 25.8 Å². The van der Waals surface area contributed by atoms with Crippen LogP contribution in [0.15, 0.2) is 12.3 Å². The van der Waals surface area contributed by atoms with E-state index in [0.29, 0.717) is 35.9 Å². The van der Waals surface area contributed by atoms with Gasteiger partial charge in [0.25, 0.3) is 0 Å². The third-order valence-electron chi connectivity index (χ3n) is 3.86. The van der Waals surface area contributed by atoms with Crippen molar-refractivity contribution in [1.29, 1.82) is 0 Å². The van der Waals surface area contributed by atoms with Crippen molar-refractivity contribution in [3.05, 3.63) is 23.6 Å². The number of hydrogen-bond donors (Lipinski definition) is 1. The lowest BCUT2D eigenvalue weighted by Gasteiger charge is -2.25. The summed E-state index contributed by atoms with van der Waals surface area (Å²) in [7, 11) is 0. The summed E-state index contributed by atoms with van der Waals surface area (Å²) in [6, 6.07) is 2.61. The van der Waals surface area contributed by atoms with Crippen LogP contribution in [-0.2, 0) is 6.54 Å². The summed E-state index contributed by atoms with van der Waals surface area (Å²) < 4.78 is 14.7. The van der Waals surface area contributed by atoms with E-state index in [4.69, 9.17) is 0 Å². The normalized spacial score (nSPS) is 15.0.